The Labute approximate surface area is 157 Å². The predicted molar refractivity (Wildman–Crippen MR) is 106 cm³/mol. The van der Waals surface area contributed by atoms with Gasteiger partial charge in [0.25, 0.3) is 0 Å². The molecule has 0 aliphatic carbocycles. The van der Waals surface area contributed by atoms with Crippen LogP contribution in [0.25, 0.3) is 6.08 Å². The van der Waals surface area contributed by atoms with Crippen molar-refractivity contribution >= 4 is 46.0 Å². The van der Waals surface area contributed by atoms with Crippen molar-refractivity contribution in [2.45, 2.75) is 51.2 Å². The largest absolute Gasteiger partial charge is 0.491 e. The molecular formula is C18H24BBrO3S. The highest BCUT2D eigenvalue weighted by molar-refractivity contribution is 9.08. The summed E-state index contributed by atoms with van der Waals surface area (Å²) in [6, 6.07) is 8.28. The lowest BCUT2D eigenvalue weighted by Crippen LogP contribution is -2.41. The van der Waals surface area contributed by atoms with E-state index in [2.05, 4.69) is 40.2 Å². The van der Waals surface area contributed by atoms with E-state index in [1.807, 2.05) is 33.8 Å². The van der Waals surface area contributed by atoms with E-state index in [0.717, 1.165) is 16.4 Å². The fourth-order valence-electron chi connectivity index (χ4n) is 2.34. The standard InChI is InChI=1S/C18H24BBrO3S/c1-13(21)24-12-16(10-14-7-6-8-15(9-14)11-20)19-22-17(2,3)18(4,5)23-19/h6-10H,11-12H2,1-5H3. The summed E-state index contributed by atoms with van der Waals surface area (Å²) in [7, 11) is -0.436. The quantitative estimate of drug-likeness (QED) is 0.512. The molecule has 1 aromatic carbocycles. The molecule has 3 nitrogen and oxygen atoms in total. The monoisotopic (exact) mass is 410 g/mol. The summed E-state index contributed by atoms with van der Waals surface area (Å²) in [5, 5.41) is 0.898. The number of hydrogen-bond donors (Lipinski definition) is 0. The fraction of sp³-hybridized carbons (Fsp3) is 0.500. The van der Waals surface area contributed by atoms with Gasteiger partial charge in [-0.15, -0.1) is 0 Å². The molecule has 2 rings (SSSR count). The molecule has 0 saturated carbocycles. The molecule has 0 N–H and O–H groups in total. The minimum atomic E-state index is -0.436. The molecule has 1 fully saturated rings. The summed E-state index contributed by atoms with van der Waals surface area (Å²) in [4.78, 5) is 11.4. The lowest BCUT2D eigenvalue weighted by atomic mass is 9.78. The van der Waals surface area contributed by atoms with Gasteiger partial charge in [0.15, 0.2) is 5.12 Å². The van der Waals surface area contributed by atoms with Crippen LogP contribution in [0.5, 0.6) is 0 Å². The second-order valence-corrected chi connectivity index (χ2v) is 8.68. The van der Waals surface area contributed by atoms with Crippen molar-refractivity contribution in [1.29, 1.82) is 0 Å². The van der Waals surface area contributed by atoms with Crippen LogP contribution >= 0.6 is 27.7 Å². The van der Waals surface area contributed by atoms with E-state index in [9.17, 15) is 4.79 Å². The third-order valence-corrected chi connectivity index (χ3v) is 5.99. The van der Waals surface area contributed by atoms with Crippen LogP contribution in [0.4, 0.5) is 0 Å². The van der Waals surface area contributed by atoms with Crippen LogP contribution in [-0.2, 0) is 19.4 Å². The number of rotatable bonds is 5. The number of thioether (sulfide) groups is 1. The van der Waals surface area contributed by atoms with Gasteiger partial charge in [-0.3, -0.25) is 4.79 Å². The predicted octanol–water partition coefficient (Wildman–Crippen LogP) is 4.88. The highest BCUT2D eigenvalue weighted by Gasteiger charge is 2.52. The molecule has 0 radical (unpaired) electrons. The number of carbonyl (C=O) groups is 1. The molecule has 130 valence electrons. The third kappa shape index (κ3) is 4.75. The maximum absolute atomic E-state index is 11.4. The van der Waals surface area contributed by atoms with Crippen LogP contribution in [0.15, 0.2) is 29.7 Å². The first-order valence-corrected chi connectivity index (χ1v) is 10.1. The van der Waals surface area contributed by atoms with Crippen molar-refractivity contribution in [3.63, 3.8) is 0 Å². The van der Waals surface area contributed by atoms with E-state index in [-0.39, 0.29) is 5.12 Å². The van der Waals surface area contributed by atoms with Gasteiger partial charge in [0.1, 0.15) is 0 Å². The van der Waals surface area contributed by atoms with E-state index >= 15 is 0 Å². The van der Waals surface area contributed by atoms with Gasteiger partial charge in [-0.1, -0.05) is 58.0 Å². The summed E-state index contributed by atoms with van der Waals surface area (Å²) in [5.41, 5.74) is 2.47. The van der Waals surface area contributed by atoms with E-state index in [0.29, 0.717) is 5.75 Å². The first-order valence-electron chi connectivity index (χ1n) is 7.99. The molecular weight excluding hydrogens is 387 g/mol. The molecule has 1 heterocycles. The van der Waals surface area contributed by atoms with Crippen molar-refractivity contribution in [2.24, 2.45) is 0 Å². The van der Waals surface area contributed by atoms with Crippen molar-refractivity contribution in [3.05, 3.63) is 40.9 Å². The van der Waals surface area contributed by atoms with Gasteiger partial charge in [-0.2, -0.15) is 0 Å². The molecule has 1 aliphatic rings. The summed E-state index contributed by atoms with van der Waals surface area (Å²) in [6.45, 7) is 9.72. The molecule has 1 saturated heterocycles. The number of alkyl halides is 1. The third-order valence-electron chi connectivity index (χ3n) is 4.46. The van der Waals surface area contributed by atoms with E-state index in [1.165, 1.54) is 17.3 Å². The maximum atomic E-state index is 11.4. The highest BCUT2D eigenvalue weighted by atomic mass is 79.9. The first kappa shape index (κ1) is 19.8. The molecule has 0 amide bonds. The van der Waals surface area contributed by atoms with Crippen molar-refractivity contribution in [1.82, 2.24) is 0 Å². The van der Waals surface area contributed by atoms with Crippen LogP contribution in [0, 0.1) is 0 Å². The van der Waals surface area contributed by atoms with Crippen LogP contribution in [0.1, 0.15) is 45.7 Å². The summed E-state index contributed by atoms with van der Waals surface area (Å²) in [5.74, 6) is 0.560. The van der Waals surface area contributed by atoms with E-state index in [1.54, 1.807) is 6.92 Å². The zero-order valence-corrected chi connectivity index (χ0v) is 17.3. The molecule has 0 bridgehead atoms. The second kappa shape index (κ2) is 7.77. The van der Waals surface area contributed by atoms with Gasteiger partial charge < -0.3 is 9.31 Å². The van der Waals surface area contributed by atoms with Crippen LogP contribution in [-0.4, -0.2) is 29.2 Å². The molecule has 0 atom stereocenters. The Hall–Kier alpha value is -0.555. The van der Waals surface area contributed by atoms with Crippen molar-refractivity contribution in [3.8, 4) is 0 Å². The van der Waals surface area contributed by atoms with Gasteiger partial charge in [0.05, 0.1) is 11.2 Å². The average molecular weight is 411 g/mol. The SMILES string of the molecule is CC(=O)SCC(=Cc1cccc(CBr)c1)B1OC(C)(C)C(C)(C)O1. The van der Waals surface area contributed by atoms with E-state index < -0.39 is 18.3 Å². The number of carbonyl (C=O) groups excluding carboxylic acids is 1. The summed E-state index contributed by atoms with van der Waals surface area (Å²) >= 11 is 4.76. The first-order chi connectivity index (χ1) is 11.1. The molecule has 0 unspecified atom stereocenters. The Morgan fingerprint density at radius 3 is 2.42 bits per heavy atom. The normalized spacial score (nSPS) is 19.6. The molecule has 24 heavy (non-hydrogen) atoms. The van der Waals surface area contributed by atoms with Gasteiger partial charge in [0, 0.05) is 18.0 Å². The smallest absolute Gasteiger partial charge is 0.400 e. The van der Waals surface area contributed by atoms with Gasteiger partial charge in [-0.05, 0) is 44.3 Å². The lowest BCUT2D eigenvalue weighted by molar-refractivity contribution is -0.109. The minimum Gasteiger partial charge on any atom is -0.400 e. The Balaban J connectivity index is 2.31. The average Bonchev–Trinajstić information content (AvgIpc) is 2.71. The Bertz CT molecular complexity index is 627. The summed E-state index contributed by atoms with van der Waals surface area (Å²) < 4.78 is 12.3. The van der Waals surface area contributed by atoms with Crippen molar-refractivity contribution < 1.29 is 14.1 Å². The van der Waals surface area contributed by atoms with Gasteiger partial charge in [-0.25, -0.2) is 0 Å². The number of benzene rings is 1. The van der Waals surface area contributed by atoms with Crippen LogP contribution in [0.2, 0.25) is 0 Å². The Kier molecular flexibility index (Phi) is 6.40. The molecule has 6 heteroatoms. The molecule has 1 aliphatic heterocycles. The van der Waals surface area contributed by atoms with Crippen molar-refractivity contribution in [2.75, 3.05) is 5.75 Å². The number of halogens is 1. The topological polar surface area (TPSA) is 35.5 Å². The Morgan fingerprint density at radius 2 is 1.88 bits per heavy atom. The van der Waals surface area contributed by atoms with Crippen LogP contribution in [0.3, 0.4) is 0 Å². The number of hydrogen-bond acceptors (Lipinski definition) is 4. The molecule has 0 aromatic heterocycles. The molecule has 0 spiro atoms. The maximum Gasteiger partial charge on any atom is 0.491 e. The van der Waals surface area contributed by atoms with Gasteiger partial charge >= 0.3 is 7.12 Å². The second-order valence-electron chi connectivity index (χ2n) is 6.97. The minimum absolute atomic E-state index is 0.0895. The zero-order chi connectivity index (χ0) is 18.0. The lowest BCUT2D eigenvalue weighted by Gasteiger charge is -2.32. The molecule has 1 aromatic rings. The van der Waals surface area contributed by atoms with E-state index in [4.69, 9.17) is 9.31 Å². The highest BCUT2D eigenvalue weighted by Crippen LogP contribution is 2.39. The zero-order valence-electron chi connectivity index (χ0n) is 14.9. The van der Waals surface area contributed by atoms with Crippen LogP contribution < -0.4 is 0 Å². The summed E-state index contributed by atoms with van der Waals surface area (Å²) in [6.07, 6.45) is 2.07. The fourth-order valence-corrected chi connectivity index (χ4v) is 3.28. The Morgan fingerprint density at radius 1 is 1.25 bits per heavy atom. The van der Waals surface area contributed by atoms with Gasteiger partial charge in [0.2, 0.25) is 0 Å².